The van der Waals surface area contributed by atoms with Crippen molar-refractivity contribution < 1.29 is 8.83 Å². The Balaban J connectivity index is 1.10. The number of aryl methyl sites for hydroxylation is 4. The molecule has 2 heteroatoms. The number of hydrogen-bond acceptors (Lipinski definition) is 2. The van der Waals surface area contributed by atoms with Crippen LogP contribution in [0, 0.1) is 13.8 Å². The minimum Gasteiger partial charge on any atom is -0.455 e. The smallest absolute Gasteiger partial charge is 0.143 e. The summed E-state index contributed by atoms with van der Waals surface area (Å²) in [7, 11) is 0. The molecule has 2 nitrogen and oxygen atoms in total. The van der Waals surface area contributed by atoms with Gasteiger partial charge in [0.15, 0.2) is 0 Å². The van der Waals surface area contributed by atoms with Crippen molar-refractivity contribution >= 4 is 43.9 Å². The van der Waals surface area contributed by atoms with Gasteiger partial charge in [-0.3, -0.25) is 0 Å². The van der Waals surface area contributed by atoms with Gasteiger partial charge in [0, 0.05) is 32.7 Å². The molecule has 0 aliphatic heterocycles. The second-order valence-electron chi connectivity index (χ2n) is 13.5. The Bertz CT molecular complexity index is 2560. The number of hydrogen-bond donors (Lipinski definition) is 0. The van der Waals surface area contributed by atoms with Crippen LogP contribution in [0.5, 0.6) is 0 Å². The van der Waals surface area contributed by atoms with Gasteiger partial charge < -0.3 is 8.83 Å². The Morgan fingerprint density at radius 2 is 0.800 bits per heavy atom. The molecular formula is C48H38O2. The van der Waals surface area contributed by atoms with Gasteiger partial charge in [0.05, 0.1) is 0 Å². The van der Waals surface area contributed by atoms with E-state index in [1.165, 1.54) is 55.6 Å². The quantitative estimate of drug-likeness (QED) is 0.180. The van der Waals surface area contributed by atoms with E-state index in [1.807, 2.05) is 12.1 Å². The fourth-order valence-electron chi connectivity index (χ4n) is 8.00. The van der Waals surface area contributed by atoms with E-state index in [1.54, 1.807) is 0 Å². The van der Waals surface area contributed by atoms with E-state index in [4.69, 9.17) is 8.83 Å². The molecule has 9 aromatic rings. The Hall–Kier alpha value is -5.86. The van der Waals surface area contributed by atoms with Crippen molar-refractivity contribution in [1.29, 1.82) is 0 Å². The summed E-state index contributed by atoms with van der Waals surface area (Å²) in [5.74, 6) is 0. The number of rotatable bonds is 6. The summed E-state index contributed by atoms with van der Waals surface area (Å²) in [6, 6.07) is 48.2. The second kappa shape index (κ2) is 11.9. The molecule has 0 N–H and O–H groups in total. The molecule has 50 heavy (non-hydrogen) atoms. The lowest BCUT2D eigenvalue weighted by Crippen LogP contribution is -1.97. The lowest BCUT2D eigenvalue weighted by atomic mass is 9.86. The average molecular weight is 647 g/mol. The Labute approximate surface area is 292 Å². The van der Waals surface area contributed by atoms with Crippen LogP contribution >= 0.6 is 0 Å². The van der Waals surface area contributed by atoms with Crippen molar-refractivity contribution in [1.82, 2.24) is 0 Å². The molecule has 2 heterocycles. The van der Waals surface area contributed by atoms with Crippen molar-refractivity contribution in [2.24, 2.45) is 0 Å². The molecular weight excluding hydrogens is 609 g/mol. The molecule has 0 spiro atoms. The third-order valence-electron chi connectivity index (χ3n) is 10.6. The highest BCUT2D eigenvalue weighted by molar-refractivity contribution is 6.11. The van der Waals surface area contributed by atoms with Gasteiger partial charge in [-0.25, -0.2) is 0 Å². The first-order valence-corrected chi connectivity index (χ1v) is 17.7. The number of fused-ring (bicyclic) bond motifs is 6. The largest absolute Gasteiger partial charge is 0.455 e. The zero-order chi connectivity index (χ0) is 33.9. The molecule has 9 rings (SSSR count). The lowest BCUT2D eigenvalue weighted by molar-refractivity contribution is 0.669. The number of para-hydroxylation sites is 4. The van der Waals surface area contributed by atoms with Crippen LogP contribution in [-0.4, -0.2) is 0 Å². The van der Waals surface area contributed by atoms with Gasteiger partial charge in [0.2, 0.25) is 0 Å². The Morgan fingerprint density at radius 3 is 1.22 bits per heavy atom. The zero-order valence-corrected chi connectivity index (χ0v) is 28.9. The number of benzene rings is 7. The highest BCUT2D eigenvalue weighted by Crippen LogP contribution is 2.41. The van der Waals surface area contributed by atoms with Crippen LogP contribution in [0.3, 0.4) is 0 Å². The van der Waals surface area contributed by atoms with E-state index in [0.717, 1.165) is 67.8 Å². The molecule has 0 atom stereocenters. The molecule has 7 aromatic carbocycles. The van der Waals surface area contributed by atoms with Gasteiger partial charge in [-0.1, -0.05) is 135 Å². The summed E-state index contributed by atoms with van der Waals surface area (Å²) in [5, 5.41) is 4.64. The molecule has 0 bridgehead atoms. The van der Waals surface area contributed by atoms with Gasteiger partial charge in [0.1, 0.15) is 22.3 Å². The standard InChI is InChI=1S/C48H38O2/c1-5-31-27-44(34-22-24-36(30(4)26-34)40-16-12-18-42-38-14-8-10-20-46(38)50-48(40)42)32(6-2)28-43(31)33-21-23-35(29(3)25-33)39-15-11-17-41-37-13-7-9-19-45(37)49-47(39)41/h7-28H,5-6H2,1-4H3. The van der Waals surface area contributed by atoms with E-state index >= 15 is 0 Å². The first kappa shape index (κ1) is 30.2. The fourth-order valence-corrected chi connectivity index (χ4v) is 8.00. The summed E-state index contributed by atoms with van der Waals surface area (Å²) in [6.45, 7) is 8.97. The summed E-state index contributed by atoms with van der Waals surface area (Å²) in [4.78, 5) is 0. The molecule has 0 unspecified atom stereocenters. The number of furan rings is 2. The van der Waals surface area contributed by atoms with Crippen LogP contribution in [0.25, 0.3) is 88.4 Å². The van der Waals surface area contributed by atoms with Crippen molar-refractivity contribution in [3.05, 3.63) is 156 Å². The van der Waals surface area contributed by atoms with Gasteiger partial charge >= 0.3 is 0 Å². The molecule has 2 aromatic heterocycles. The molecule has 0 saturated heterocycles. The van der Waals surface area contributed by atoms with E-state index < -0.39 is 0 Å². The monoisotopic (exact) mass is 646 g/mol. The predicted octanol–water partition coefficient (Wildman–Crippen LogP) is 13.9. The molecule has 0 radical (unpaired) electrons. The fraction of sp³-hybridized carbons (Fsp3) is 0.125. The van der Waals surface area contributed by atoms with E-state index in [9.17, 15) is 0 Å². The summed E-state index contributed by atoms with van der Waals surface area (Å²) >= 11 is 0. The minimum absolute atomic E-state index is 0.928. The van der Waals surface area contributed by atoms with Gasteiger partial charge in [-0.05, 0) is 94.5 Å². The normalized spacial score (nSPS) is 11.8. The van der Waals surface area contributed by atoms with E-state index in [2.05, 4.69) is 149 Å². The maximum atomic E-state index is 6.40. The van der Waals surface area contributed by atoms with Crippen LogP contribution in [0.2, 0.25) is 0 Å². The first-order chi connectivity index (χ1) is 24.5. The molecule has 0 amide bonds. The third-order valence-corrected chi connectivity index (χ3v) is 10.6. The average Bonchev–Trinajstić information content (AvgIpc) is 3.73. The Kier molecular flexibility index (Phi) is 7.21. The predicted molar refractivity (Wildman–Crippen MR) is 211 cm³/mol. The van der Waals surface area contributed by atoms with Crippen LogP contribution in [0.1, 0.15) is 36.1 Å². The van der Waals surface area contributed by atoms with Gasteiger partial charge in [0.25, 0.3) is 0 Å². The van der Waals surface area contributed by atoms with Crippen molar-refractivity contribution in [2.45, 2.75) is 40.5 Å². The lowest BCUT2D eigenvalue weighted by Gasteiger charge is -2.18. The minimum atomic E-state index is 0.928. The van der Waals surface area contributed by atoms with Crippen LogP contribution in [-0.2, 0) is 12.8 Å². The van der Waals surface area contributed by atoms with Gasteiger partial charge in [-0.15, -0.1) is 0 Å². The highest BCUT2D eigenvalue weighted by atomic mass is 16.3. The SMILES string of the molecule is CCc1cc(-c2ccc(-c3cccc4c3oc3ccccc34)c(C)c2)c(CC)cc1-c1ccc(-c2cccc3c2oc2ccccc23)c(C)c1. The summed E-state index contributed by atoms with van der Waals surface area (Å²) < 4.78 is 12.8. The second-order valence-corrected chi connectivity index (χ2v) is 13.5. The zero-order valence-electron chi connectivity index (χ0n) is 28.9. The van der Waals surface area contributed by atoms with Gasteiger partial charge in [-0.2, -0.15) is 0 Å². The molecule has 0 aliphatic rings. The topological polar surface area (TPSA) is 26.3 Å². The van der Waals surface area contributed by atoms with Crippen molar-refractivity contribution in [3.8, 4) is 44.5 Å². The van der Waals surface area contributed by atoms with Crippen molar-refractivity contribution in [2.75, 3.05) is 0 Å². The molecule has 0 fully saturated rings. The maximum Gasteiger partial charge on any atom is 0.143 e. The van der Waals surface area contributed by atoms with Crippen molar-refractivity contribution in [3.63, 3.8) is 0 Å². The Morgan fingerprint density at radius 1 is 0.380 bits per heavy atom. The molecule has 242 valence electrons. The maximum absolute atomic E-state index is 6.40. The summed E-state index contributed by atoms with van der Waals surface area (Å²) in [5.41, 5.74) is 18.8. The van der Waals surface area contributed by atoms with E-state index in [-0.39, 0.29) is 0 Å². The first-order valence-electron chi connectivity index (χ1n) is 17.7. The van der Waals surface area contributed by atoms with Crippen LogP contribution < -0.4 is 0 Å². The summed E-state index contributed by atoms with van der Waals surface area (Å²) in [6.07, 6.45) is 1.91. The highest BCUT2D eigenvalue weighted by Gasteiger charge is 2.18. The van der Waals surface area contributed by atoms with Crippen LogP contribution in [0.4, 0.5) is 0 Å². The molecule has 0 saturated carbocycles. The molecule has 0 aliphatic carbocycles. The van der Waals surface area contributed by atoms with Crippen LogP contribution in [0.15, 0.2) is 142 Å². The van der Waals surface area contributed by atoms with E-state index in [0.29, 0.717) is 0 Å². The third kappa shape index (κ3) is 4.78.